The van der Waals surface area contributed by atoms with Crippen molar-refractivity contribution in [1.29, 1.82) is 0 Å². The fraction of sp³-hybridized carbons (Fsp3) is 0.647. The molecule has 3 rings (SSSR count). The molecule has 2 heterocycles. The first-order chi connectivity index (χ1) is 10.1. The second-order valence-corrected chi connectivity index (χ2v) is 7.09. The number of halogens is 1. The number of hydrogen-bond acceptors (Lipinski definition) is 3. The number of hydrogen-bond donors (Lipinski definition) is 1. The highest BCUT2D eigenvalue weighted by Crippen LogP contribution is 2.25. The number of piperidine rings is 1. The van der Waals surface area contributed by atoms with Crippen LogP contribution in [0, 0.1) is 0 Å². The van der Waals surface area contributed by atoms with Gasteiger partial charge in [0.25, 0.3) is 0 Å². The van der Waals surface area contributed by atoms with Gasteiger partial charge in [0.2, 0.25) is 0 Å². The van der Waals surface area contributed by atoms with Gasteiger partial charge in [0.05, 0.1) is 5.60 Å². The highest BCUT2D eigenvalue weighted by Gasteiger charge is 2.35. The van der Waals surface area contributed by atoms with Crippen molar-refractivity contribution < 1.29 is 5.11 Å². The van der Waals surface area contributed by atoms with Crippen molar-refractivity contribution in [2.45, 2.75) is 37.8 Å². The lowest BCUT2D eigenvalue weighted by atomic mass is 9.92. The van der Waals surface area contributed by atoms with Gasteiger partial charge in [0, 0.05) is 24.7 Å². The van der Waals surface area contributed by atoms with Crippen LogP contribution in [0.25, 0.3) is 0 Å². The number of aliphatic hydroxyl groups is 1. The lowest BCUT2D eigenvalue weighted by Gasteiger charge is -2.41. The monoisotopic (exact) mass is 308 g/mol. The van der Waals surface area contributed by atoms with Gasteiger partial charge in [-0.15, -0.1) is 0 Å². The van der Waals surface area contributed by atoms with Crippen LogP contribution in [0.3, 0.4) is 0 Å². The van der Waals surface area contributed by atoms with E-state index in [2.05, 4.69) is 15.9 Å². The van der Waals surface area contributed by atoms with Gasteiger partial charge in [0.15, 0.2) is 0 Å². The molecule has 2 fully saturated rings. The quantitative estimate of drug-likeness (QED) is 0.926. The van der Waals surface area contributed by atoms with Crippen LogP contribution in [-0.4, -0.2) is 53.2 Å². The molecule has 1 aromatic carbocycles. The first-order valence-corrected chi connectivity index (χ1v) is 8.42. The summed E-state index contributed by atoms with van der Waals surface area (Å²) in [5.74, 6) is 0. The molecule has 1 atom stereocenters. The van der Waals surface area contributed by atoms with Crippen LogP contribution in [0.5, 0.6) is 0 Å². The first-order valence-electron chi connectivity index (χ1n) is 8.05. The third kappa shape index (κ3) is 4.19. The first kappa shape index (κ1) is 15.3. The van der Waals surface area contributed by atoms with Gasteiger partial charge in [0.1, 0.15) is 0 Å². The van der Waals surface area contributed by atoms with Gasteiger partial charge >= 0.3 is 0 Å². The molecular formula is C17H25ClN2O. The molecule has 2 saturated heterocycles. The highest BCUT2D eigenvalue weighted by atomic mass is 35.5. The van der Waals surface area contributed by atoms with Gasteiger partial charge in [-0.2, -0.15) is 0 Å². The maximum Gasteiger partial charge on any atom is 0.0900 e. The number of benzene rings is 1. The van der Waals surface area contributed by atoms with Crippen molar-refractivity contribution >= 4 is 11.6 Å². The molecule has 116 valence electrons. The Hall–Kier alpha value is -0.610. The minimum atomic E-state index is -0.541. The third-order valence-corrected chi connectivity index (χ3v) is 4.88. The molecule has 0 radical (unpaired) electrons. The summed E-state index contributed by atoms with van der Waals surface area (Å²) in [6, 6.07) is 8.04. The van der Waals surface area contributed by atoms with E-state index in [1.165, 1.54) is 18.4 Å². The number of β-amino-alcohol motifs (C(OH)–C–C–N with tert-alkyl or cyclic N) is 1. The predicted molar refractivity (Wildman–Crippen MR) is 86.6 cm³/mol. The predicted octanol–water partition coefficient (Wildman–Crippen LogP) is 2.76. The Kier molecular flexibility index (Phi) is 4.85. The van der Waals surface area contributed by atoms with Gasteiger partial charge < -0.3 is 10.0 Å². The minimum absolute atomic E-state index is 0.541. The van der Waals surface area contributed by atoms with Crippen LogP contribution < -0.4 is 0 Å². The summed E-state index contributed by atoms with van der Waals surface area (Å²) < 4.78 is 0. The van der Waals surface area contributed by atoms with E-state index >= 15 is 0 Å². The van der Waals surface area contributed by atoms with Crippen molar-refractivity contribution in [1.82, 2.24) is 9.80 Å². The molecule has 1 unspecified atom stereocenters. The van der Waals surface area contributed by atoms with Crippen LogP contribution in [0.2, 0.25) is 5.02 Å². The Morgan fingerprint density at radius 2 is 1.86 bits per heavy atom. The molecule has 21 heavy (non-hydrogen) atoms. The molecule has 2 aliphatic rings. The molecule has 2 aliphatic heterocycles. The average molecular weight is 309 g/mol. The van der Waals surface area contributed by atoms with Crippen LogP contribution in [-0.2, 0) is 6.54 Å². The normalized spacial score (nSPS) is 28.1. The summed E-state index contributed by atoms with van der Waals surface area (Å²) in [6.07, 6.45) is 4.56. The third-order valence-electron chi connectivity index (χ3n) is 4.65. The Morgan fingerprint density at radius 3 is 2.62 bits per heavy atom. The summed E-state index contributed by atoms with van der Waals surface area (Å²) in [5.41, 5.74) is 0.689. The van der Waals surface area contributed by atoms with Gasteiger partial charge in [-0.25, -0.2) is 0 Å². The summed E-state index contributed by atoms with van der Waals surface area (Å²) in [5, 5.41) is 11.7. The average Bonchev–Trinajstić information content (AvgIpc) is 2.91. The van der Waals surface area contributed by atoms with Gasteiger partial charge in [-0.1, -0.05) is 23.7 Å². The molecule has 0 aromatic heterocycles. The van der Waals surface area contributed by atoms with Gasteiger partial charge in [-0.3, -0.25) is 4.90 Å². The van der Waals surface area contributed by atoms with Crippen molar-refractivity contribution in [3.63, 3.8) is 0 Å². The van der Waals surface area contributed by atoms with E-state index in [-0.39, 0.29) is 0 Å². The van der Waals surface area contributed by atoms with E-state index in [9.17, 15) is 5.11 Å². The van der Waals surface area contributed by atoms with Crippen LogP contribution in [0.4, 0.5) is 0 Å². The van der Waals surface area contributed by atoms with E-state index in [0.717, 1.165) is 57.1 Å². The van der Waals surface area contributed by atoms with Crippen molar-refractivity contribution in [3.8, 4) is 0 Å². The molecule has 3 nitrogen and oxygen atoms in total. The lowest BCUT2D eigenvalue weighted by molar-refractivity contribution is -0.0519. The smallest absolute Gasteiger partial charge is 0.0900 e. The van der Waals surface area contributed by atoms with Crippen molar-refractivity contribution in [2.24, 2.45) is 0 Å². The molecule has 0 spiro atoms. The zero-order valence-corrected chi connectivity index (χ0v) is 13.4. The number of likely N-dealkylation sites (tertiary alicyclic amines) is 2. The van der Waals surface area contributed by atoms with E-state index in [1.807, 2.05) is 18.2 Å². The van der Waals surface area contributed by atoms with Crippen LogP contribution in [0.15, 0.2) is 24.3 Å². The summed E-state index contributed by atoms with van der Waals surface area (Å²) in [6.45, 7) is 5.85. The van der Waals surface area contributed by atoms with E-state index < -0.39 is 5.60 Å². The second kappa shape index (κ2) is 6.66. The fourth-order valence-electron chi connectivity index (χ4n) is 3.72. The summed E-state index contributed by atoms with van der Waals surface area (Å²) in [7, 11) is 0. The molecule has 0 bridgehead atoms. The largest absolute Gasteiger partial charge is 0.387 e. The van der Waals surface area contributed by atoms with Crippen LogP contribution >= 0.6 is 11.6 Å². The van der Waals surface area contributed by atoms with E-state index in [4.69, 9.17) is 11.6 Å². The number of nitrogens with zero attached hydrogens (tertiary/aromatic N) is 2. The molecule has 0 amide bonds. The Morgan fingerprint density at radius 1 is 1.10 bits per heavy atom. The Bertz CT molecular complexity index is 476. The van der Waals surface area contributed by atoms with Crippen molar-refractivity contribution in [2.75, 3.05) is 32.7 Å². The van der Waals surface area contributed by atoms with E-state index in [0.29, 0.717) is 0 Å². The van der Waals surface area contributed by atoms with E-state index in [1.54, 1.807) is 0 Å². The highest BCUT2D eigenvalue weighted by molar-refractivity contribution is 6.30. The lowest BCUT2D eigenvalue weighted by Crippen LogP contribution is -2.53. The van der Waals surface area contributed by atoms with Crippen molar-refractivity contribution in [3.05, 3.63) is 34.9 Å². The molecule has 0 aliphatic carbocycles. The fourth-order valence-corrected chi connectivity index (χ4v) is 3.93. The van der Waals surface area contributed by atoms with Gasteiger partial charge in [-0.05, 0) is 63.0 Å². The minimum Gasteiger partial charge on any atom is -0.387 e. The molecular weight excluding hydrogens is 284 g/mol. The topological polar surface area (TPSA) is 26.7 Å². The Labute approximate surface area is 132 Å². The molecule has 0 saturated carbocycles. The summed E-state index contributed by atoms with van der Waals surface area (Å²) >= 11 is 6.06. The second-order valence-electron chi connectivity index (χ2n) is 6.65. The molecule has 4 heteroatoms. The summed E-state index contributed by atoms with van der Waals surface area (Å²) in [4.78, 5) is 4.79. The maximum absolute atomic E-state index is 10.9. The SMILES string of the molecule is OC1(CN2CCCC2)CCCN(Cc2cccc(Cl)c2)C1. The zero-order chi connectivity index (χ0) is 14.7. The van der Waals surface area contributed by atoms with Crippen LogP contribution in [0.1, 0.15) is 31.2 Å². The molecule has 1 N–H and O–H groups in total. The standard InChI is InChI=1S/C17H25ClN2O/c18-16-6-3-5-15(11-16)12-20-10-4-7-17(21,14-20)13-19-8-1-2-9-19/h3,5-6,11,21H,1-2,4,7-10,12-14H2. The zero-order valence-electron chi connectivity index (χ0n) is 12.6. The Balaban J connectivity index is 1.59. The number of rotatable bonds is 4. The molecule has 1 aromatic rings. The maximum atomic E-state index is 10.9.